The first-order chi connectivity index (χ1) is 7.27. The molecule has 0 aliphatic carbocycles. The highest BCUT2D eigenvalue weighted by atomic mass is 16.5. The van der Waals surface area contributed by atoms with Crippen LogP contribution in [0, 0.1) is 0 Å². The highest BCUT2D eigenvalue weighted by Gasteiger charge is 2.11. The number of hydrogen-bond acceptors (Lipinski definition) is 3. The molecule has 4 nitrogen and oxygen atoms in total. The molecule has 0 spiro atoms. The molecule has 1 unspecified atom stereocenters. The second kappa shape index (κ2) is 6.16. The van der Waals surface area contributed by atoms with Crippen LogP contribution in [0.25, 0.3) is 0 Å². The van der Waals surface area contributed by atoms with Crippen molar-refractivity contribution in [3.8, 4) is 0 Å². The second-order valence-corrected chi connectivity index (χ2v) is 3.20. The first-order valence-corrected chi connectivity index (χ1v) is 4.81. The first kappa shape index (κ1) is 11.7. The molecule has 0 aliphatic rings. The van der Waals surface area contributed by atoms with Crippen molar-refractivity contribution in [2.45, 2.75) is 6.04 Å². The van der Waals surface area contributed by atoms with E-state index in [1.807, 2.05) is 30.3 Å². The van der Waals surface area contributed by atoms with Gasteiger partial charge in [-0.3, -0.25) is 4.79 Å². The summed E-state index contributed by atoms with van der Waals surface area (Å²) in [5, 5.41) is 2.79. The van der Waals surface area contributed by atoms with Crippen molar-refractivity contribution in [3.63, 3.8) is 0 Å². The van der Waals surface area contributed by atoms with Gasteiger partial charge in [-0.25, -0.2) is 0 Å². The maximum atomic E-state index is 11.3. The highest BCUT2D eigenvalue weighted by Crippen LogP contribution is 2.10. The topological polar surface area (TPSA) is 64.3 Å². The third-order valence-corrected chi connectivity index (χ3v) is 2.05. The SMILES string of the molecule is COCC(=O)NC(CN)c1ccccc1. The van der Waals surface area contributed by atoms with E-state index in [2.05, 4.69) is 5.32 Å². The fraction of sp³-hybridized carbons (Fsp3) is 0.364. The lowest BCUT2D eigenvalue weighted by molar-refractivity contribution is -0.125. The summed E-state index contributed by atoms with van der Waals surface area (Å²) >= 11 is 0. The Morgan fingerprint density at radius 1 is 1.47 bits per heavy atom. The number of ether oxygens (including phenoxy) is 1. The number of nitrogens with one attached hydrogen (secondary N) is 1. The van der Waals surface area contributed by atoms with Crippen molar-refractivity contribution in [3.05, 3.63) is 35.9 Å². The molecule has 0 heterocycles. The van der Waals surface area contributed by atoms with E-state index in [9.17, 15) is 4.79 Å². The van der Waals surface area contributed by atoms with Gasteiger partial charge in [-0.1, -0.05) is 30.3 Å². The van der Waals surface area contributed by atoms with Crippen molar-refractivity contribution in [1.82, 2.24) is 5.32 Å². The zero-order valence-corrected chi connectivity index (χ0v) is 8.77. The molecule has 1 aromatic rings. The molecule has 0 aliphatic heterocycles. The predicted octanol–water partition coefficient (Wildman–Crippen LogP) is 0.449. The van der Waals surface area contributed by atoms with Gasteiger partial charge in [0.2, 0.25) is 5.91 Å². The number of nitrogens with two attached hydrogens (primary N) is 1. The Bertz CT molecular complexity index is 301. The van der Waals surface area contributed by atoms with Gasteiger partial charge in [0.25, 0.3) is 0 Å². The van der Waals surface area contributed by atoms with E-state index in [-0.39, 0.29) is 18.6 Å². The Labute approximate surface area is 89.4 Å². The Balaban J connectivity index is 2.61. The van der Waals surface area contributed by atoms with Gasteiger partial charge < -0.3 is 15.8 Å². The highest BCUT2D eigenvalue weighted by molar-refractivity contribution is 5.77. The van der Waals surface area contributed by atoms with Crippen LogP contribution in [0.4, 0.5) is 0 Å². The molecular formula is C11H16N2O2. The summed E-state index contributed by atoms with van der Waals surface area (Å²) in [5.74, 6) is -0.156. The molecule has 0 saturated heterocycles. The lowest BCUT2D eigenvalue weighted by Gasteiger charge is -2.16. The lowest BCUT2D eigenvalue weighted by Crippen LogP contribution is -2.35. The molecule has 0 fully saturated rings. The quantitative estimate of drug-likeness (QED) is 0.738. The summed E-state index contributed by atoms with van der Waals surface area (Å²) in [6.07, 6.45) is 0. The Morgan fingerprint density at radius 2 is 2.13 bits per heavy atom. The molecule has 3 N–H and O–H groups in total. The van der Waals surface area contributed by atoms with Gasteiger partial charge in [0, 0.05) is 13.7 Å². The van der Waals surface area contributed by atoms with E-state index >= 15 is 0 Å². The second-order valence-electron chi connectivity index (χ2n) is 3.20. The summed E-state index contributed by atoms with van der Waals surface area (Å²) in [4.78, 5) is 11.3. The minimum absolute atomic E-state index is 0.0589. The van der Waals surface area contributed by atoms with E-state index in [0.717, 1.165) is 5.56 Å². The number of hydrogen-bond donors (Lipinski definition) is 2. The predicted molar refractivity (Wildman–Crippen MR) is 58.3 cm³/mol. The van der Waals surface area contributed by atoms with Gasteiger partial charge in [0.05, 0.1) is 6.04 Å². The average molecular weight is 208 g/mol. The van der Waals surface area contributed by atoms with Gasteiger partial charge in [-0.2, -0.15) is 0 Å². The molecule has 0 saturated carbocycles. The Hall–Kier alpha value is -1.39. The third kappa shape index (κ3) is 3.69. The number of rotatable bonds is 5. The van der Waals surface area contributed by atoms with Crippen LogP contribution in [0.5, 0.6) is 0 Å². The van der Waals surface area contributed by atoms with Gasteiger partial charge in [0.15, 0.2) is 0 Å². The smallest absolute Gasteiger partial charge is 0.246 e. The van der Waals surface area contributed by atoms with Crippen LogP contribution in [0.1, 0.15) is 11.6 Å². The summed E-state index contributed by atoms with van der Waals surface area (Å²) < 4.78 is 4.73. The number of benzene rings is 1. The summed E-state index contributed by atoms with van der Waals surface area (Å²) in [5.41, 5.74) is 6.60. The zero-order valence-electron chi connectivity index (χ0n) is 8.77. The maximum absolute atomic E-state index is 11.3. The normalized spacial score (nSPS) is 12.1. The minimum atomic E-state index is -0.156. The van der Waals surface area contributed by atoms with Crippen molar-refractivity contribution in [2.75, 3.05) is 20.3 Å². The van der Waals surface area contributed by atoms with E-state index in [0.29, 0.717) is 6.54 Å². The largest absolute Gasteiger partial charge is 0.375 e. The molecule has 0 bridgehead atoms. The monoisotopic (exact) mass is 208 g/mol. The van der Waals surface area contributed by atoms with Gasteiger partial charge in [0.1, 0.15) is 6.61 Å². The van der Waals surface area contributed by atoms with Crippen LogP contribution >= 0.6 is 0 Å². The molecule has 15 heavy (non-hydrogen) atoms. The van der Waals surface area contributed by atoms with E-state index < -0.39 is 0 Å². The van der Waals surface area contributed by atoms with Gasteiger partial charge in [-0.05, 0) is 5.56 Å². The summed E-state index contributed by atoms with van der Waals surface area (Å²) in [6.45, 7) is 0.433. The van der Waals surface area contributed by atoms with Crippen molar-refractivity contribution in [2.24, 2.45) is 5.73 Å². The van der Waals surface area contributed by atoms with Gasteiger partial charge in [-0.15, -0.1) is 0 Å². The van der Waals surface area contributed by atoms with E-state index in [4.69, 9.17) is 10.5 Å². The maximum Gasteiger partial charge on any atom is 0.246 e. The third-order valence-electron chi connectivity index (χ3n) is 2.05. The number of carbonyl (C=O) groups excluding carboxylic acids is 1. The van der Waals surface area contributed by atoms with Crippen LogP contribution in [0.2, 0.25) is 0 Å². The van der Waals surface area contributed by atoms with Crippen molar-refractivity contribution < 1.29 is 9.53 Å². The fourth-order valence-electron chi connectivity index (χ4n) is 1.33. The molecule has 1 rings (SSSR count). The molecule has 82 valence electrons. The molecule has 4 heteroatoms. The van der Waals surface area contributed by atoms with Crippen LogP contribution in [0.15, 0.2) is 30.3 Å². The van der Waals surface area contributed by atoms with E-state index in [1.165, 1.54) is 7.11 Å². The summed E-state index contributed by atoms with van der Waals surface area (Å²) in [6, 6.07) is 9.48. The van der Waals surface area contributed by atoms with E-state index in [1.54, 1.807) is 0 Å². The first-order valence-electron chi connectivity index (χ1n) is 4.81. The van der Waals surface area contributed by atoms with Crippen LogP contribution in [0.3, 0.4) is 0 Å². The molecule has 1 amide bonds. The summed E-state index contributed by atoms with van der Waals surface area (Å²) in [7, 11) is 1.49. The standard InChI is InChI=1S/C11H16N2O2/c1-15-8-11(14)13-10(7-12)9-5-3-2-4-6-9/h2-6,10H,7-8,12H2,1H3,(H,13,14). The number of methoxy groups -OCH3 is 1. The zero-order chi connectivity index (χ0) is 11.1. The Morgan fingerprint density at radius 3 is 2.67 bits per heavy atom. The van der Waals surface area contributed by atoms with Gasteiger partial charge >= 0.3 is 0 Å². The molecule has 1 aromatic carbocycles. The van der Waals surface area contributed by atoms with Crippen LogP contribution in [-0.4, -0.2) is 26.2 Å². The number of carbonyl (C=O) groups is 1. The molecule has 1 atom stereocenters. The van der Waals surface area contributed by atoms with Crippen molar-refractivity contribution in [1.29, 1.82) is 0 Å². The fourth-order valence-corrected chi connectivity index (χ4v) is 1.33. The average Bonchev–Trinajstić information content (AvgIpc) is 2.27. The molecular weight excluding hydrogens is 192 g/mol. The van der Waals surface area contributed by atoms with Crippen LogP contribution < -0.4 is 11.1 Å². The number of amides is 1. The van der Waals surface area contributed by atoms with Crippen LogP contribution in [-0.2, 0) is 9.53 Å². The molecule has 0 radical (unpaired) electrons. The Kier molecular flexibility index (Phi) is 4.80. The van der Waals surface area contributed by atoms with Crippen molar-refractivity contribution >= 4 is 5.91 Å². The lowest BCUT2D eigenvalue weighted by atomic mass is 10.1. The molecule has 0 aromatic heterocycles. The minimum Gasteiger partial charge on any atom is -0.375 e.